The van der Waals surface area contributed by atoms with E-state index in [1.807, 2.05) is 0 Å². The lowest BCUT2D eigenvalue weighted by Gasteiger charge is -2.28. The number of halogens is 3. The molecule has 0 bridgehead atoms. The van der Waals surface area contributed by atoms with Crippen molar-refractivity contribution in [2.75, 3.05) is 0 Å². The van der Waals surface area contributed by atoms with Crippen molar-refractivity contribution < 1.29 is 18.0 Å². The van der Waals surface area contributed by atoms with Gasteiger partial charge in [-0.1, -0.05) is 12.1 Å². The highest BCUT2D eigenvalue weighted by atomic mass is 19.3. The first-order valence-corrected chi connectivity index (χ1v) is 6.36. The number of hydrogen-bond acceptors (Lipinski definition) is 1. The molecule has 1 aliphatic carbocycles. The van der Waals surface area contributed by atoms with Crippen molar-refractivity contribution in [2.45, 2.75) is 44.1 Å². The molecule has 0 atom stereocenters. The van der Waals surface area contributed by atoms with Gasteiger partial charge in [-0.2, -0.15) is 0 Å². The Balaban J connectivity index is 1.82. The van der Waals surface area contributed by atoms with Gasteiger partial charge in [-0.05, 0) is 30.5 Å². The molecule has 0 aromatic heterocycles. The zero-order valence-electron chi connectivity index (χ0n) is 10.5. The lowest BCUT2D eigenvalue weighted by atomic mass is 9.92. The molecule has 104 valence electrons. The summed E-state index contributed by atoms with van der Waals surface area (Å²) < 4.78 is 38.9. The summed E-state index contributed by atoms with van der Waals surface area (Å²) in [5.74, 6) is -3.23. The van der Waals surface area contributed by atoms with Gasteiger partial charge in [0.05, 0.1) is 6.42 Å². The lowest BCUT2D eigenvalue weighted by molar-refractivity contribution is -0.122. The normalized spacial score (nSPS) is 19.1. The molecule has 0 aliphatic heterocycles. The molecule has 1 fully saturated rings. The molecule has 2 rings (SSSR count). The van der Waals surface area contributed by atoms with Crippen LogP contribution in [0.4, 0.5) is 13.2 Å². The quantitative estimate of drug-likeness (QED) is 0.899. The van der Waals surface area contributed by atoms with Crippen LogP contribution in [-0.4, -0.2) is 17.9 Å². The minimum absolute atomic E-state index is 0.0741. The molecular formula is C14H16F3NO. The molecule has 0 saturated heterocycles. The molecule has 1 N–H and O–H groups in total. The van der Waals surface area contributed by atoms with Crippen LogP contribution in [0.1, 0.15) is 31.2 Å². The Morgan fingerprint density at radius 2 is 2.00 bits per heavy atom. The second-order valence-corrected chi connectivity index (χ2v) is 5.00. The third-order valence-electron chi connectivity index (χ3n) is 3.34. The summed E-state index contributed by atoms with van der Waals surface area (Å²) in [5, 5.41) is 2.73. The number of hydrogen-bond donors (Lipinski definition) is 1. The van der Waals surface area contributed by atoms with E-state index in [-0.39, 0.29) is 37.0 Å². The largest absolute Gasteiger partial charge is 0.353 e. The van der Waals surface area contributed by atoms with Gasteiger partial charge in [0, 0.05) is 18.9 Å². The fraction of sp³-hybridized carbons (Fsp3) is 0.500. The lowest BCUT2D eigenvalue weighted by Crippen LogP contribution is -2.40. The Labute approximate surface area is 110 Å². The molecule has 0 radical (unpaired) electrons. The van der Waals surface area contributed by atoms with E-state index < -0.39 is 5.92 Å². The van der Waals surface area contributed by atoms with E-state index in [4.69, 9.17) is 0 Å². The number of nitrogens with one attached hydrogen (secondary N) is 1. The summed E-state index contributed by atoms with van der Waals surface area (Å²) >= 11 is 0. The maximum Gasteiger partial charge on any atom is 0.248 e. The van der Waals surface area contributed by atoms with Crippen LogP contribution in [0.2, 0.25) is 0 Å². The molecule has 0 heterocycles. The van der Waals surface area contributed by atoms with Crippen LogP contribution >= 0.6 is 0 Å². The smallest absolute Gasteiger partial charge is 0.248 e. The molecule has 5 heteroatoms. The van der Waals surface area contributed by atoms with Crippen molar-refractivity contribution in [2.24, 2.45) is 0 Å². The molecule has 1 saturated carbocycles. The van der Waals surface area contributed by atoms with Crippen molar-refractivity contribution in [3.8, 4) is 0 Å². The number of amides is 1. The predicted octanol–water partition coefficient (Wildman–Crippen LogP) is 3.06. The number of carbonyl (C=O) groups excluding carboxylic acids is 1. The Morgan fingerprint density at radius 1 is 1.32 bits per heavy atom. The van der Waals surface area contributed by atoms with Crippen molar-refractivity contribution in [1.29, 1.82) is 0 Å². The topological polar surface area (TPSA) is 29.1 Å². The first-order chi connectivity index (χ1) is 8.94. The maximum absolute atomic E-state index is 13.0. The van der Waals surface area contributed by atoms with Gasteiger partial charge in [-0.15, -0.1) is 0 Å². The highest BCUT2D eigenvalue weighted by Gasteiger charge is 2.35. The predicted molar refractivity (Wildman–Crippen MR) is 65.4 cm³/mol. The van der Waals surface area contributed by atoms with Gasteiger partial charge in [0.2, 0.25) is 11.8 Å². The van der Waals surface area contributed by atoms with E-state index in [1.165, 1.54) is 12.1 Å². The van der Waals surface area contributed by atoms with E-state index in [2.05, 4.69) is 5.32 Å². The molecule has 2 nitrogen and oxygen atoms in total. The van der Waals surface area contributed by atoms with Gasteiger partial charge in [0.1, 0.15) is 5.82 Å². The molecule has 0 spiro atoms. The monoisotopic (exact) mass is 271 g/mol. The Kier molecular flexibility index (Phi) is 4.12. The van der Waals surface area contributed by atoms with E-state index in [0.29, 0.717) is 18.4 Å². The maximum atomic E-state index is 13.0. The molecule has 1 aromatic carbocycles. The highest BCUT2D eigenvalue weighted by molar-refractivity contribution is 5.78. The summed E-state index contributed by atoms with van der Waals surface area (Å²) in [4.78, 5) is 11.7. The molecule has 0 unspecified atom stereocenters. The molecule has 19 heavy (non-hydrogen) atoms. The van der Waals surface area contributed by atoms with Gasteiger partial charge in [0.15, 0.2) is 0 Å². The first kappa shape index (κ1) is 13.9. The van der Waals surface area contributed by atoms with Gasteiger partial charge < -0.3 is 5.32 Å². The third-order valence-corrected chi connectivity index (χ3v) is 3.34. The van der Waals surface area contributed by atoms with E-state index in [0.717, 1.165) is 0 Å². The Bertz CT molecular complexity index is 452. The summed E-state index contributed by atoms with van der Waals surface area (Å²) in [6, 6.07) is 5.62. The Hall–Kier alpha value is -1.52. The second-order valence-electron chi connectivity index (χ2n) is 5.00. The van der Waals surface area contributed by atoms with Crippen molar-refractivity contribution >= 4 is 5.91 Å². The molecule has 1 aliphatic rings. The van der Waals surface area contributed by atoms with Gasteiger partial charge in [-0.25, -0.2) is 13.2 Å². The van der Waals surface area contributed by atoms with Gasteiger partial charge in [-0.3, -0.25) is 4.79 Å². The standard InChI is InChI=1S/C14H16F3NO/c15-11-3-1-2-10(8-11)9-13(19)18-12-4-6-14(16,17)7-5-12/h1-3,8,12H,4-7,9H2,(H,18,19). The zero-order chi connectivity index (χ0) is 13.9. The van der Waals surface area contributed by atoms with Crippen molar-refractivity contribution in [3.05, 3.63) is 35.6 Å². The summed E-state index contributed by atoms with van der Waals surface area (Å²) in [6.07, 6.45) is 0.296. The van der Waals surface area contributed by atoms with Crippen LogP contribution in [0, 0.1) is 5.82 Å². The number of carbonyl (C=O) groups is 1. The van der Waals surface area contributed by atoms with Crippen LogP contribution in [0.25, 0.3) is 0 Å². The van der Waals surface area contributed by atoms with Crippen LogP contribution < -0.4 is 5.32 Å². The number of rotatable bonds is 3. The molecular weight excluding hydrogens is 255 g/mol. The molecule has 1 aromatic rings. The minimum atomic E-state index is -2.59. The van der Waals surface area contributed by atoms with Crippen LogP contribution in [0.5, 0.6) is 0 Å². The SMILES string of the molecule is O=C(Cc1cccc(F)c1)NC1CCC(F)(F)CC1. The van der Waals surface area contributed by atoms with Gasteiger partial charge in [0.25, 0.3) is 0 Å². The fourth-order valence-corrected chi connectivity index (χ4v) is 2.30. The van der Waals surface area contributed by atoms with E-state index in [9.17, 15) is 18.0 Å². The highest BCUT2D eigenvalue weighted by Crippen LogP contribution is 2.32. The van der Waals surface area contributed by atoms with E-state index >= 15 is 0 Å². The number of benzene rings is 1. The third kappa shape index (κ3) is 4.26. The summed E-state index contributed by atoms with van der Waals surface area (Å²) in [6.45, 7) is 0. The van der Waals surface area contributed by atoms with Crippen LogP contribution in [0.3, 0.4) is 0 Å². The van der Waals surface area contributed by atoms with Crippen LogP contribution in [-0.2, 0) is 11.2 Å². The summed E-state index contributed by atoms with van der Waals surface area (Å²) in [7, 11) is 0. The Morgan fingerprint density at radius 3 is 2.63 bits per heavy atom. The second kappa shape index (κ2) is 5.63. The minimum Gasteiger partial charge on any atom is -0.353 e. The fourth-order valence-electron chi connectivity index (χ4n) is 2.30. The zero-order valence-corrected chi connectivity index (χ0v) is 10.5. The van der Waals surface area contributed by atoms with Crippen molar-refractivity contribution in [1.82, 2.24) is 5.32 Å². The van der Waals surface area contributed by atoms with Crippen LogP contribution in [0.15, 0.2) is 24.3 Å². The van der Waals surface area contributed by atoms with E-state index in [1.54, 1.807) is 12.1 Å². The number of alkyl halides is 2. The van der Waals surface area contributed by atoms with Crippen molar-refractivity contribution in [3.63, 3.8) is 0 Å². The average Bonchev–Trinajstić information content (AvgIpc) is 2.32. The average molecular weight is 271 g/mol. The van der Waals surface area contributed by atoms with Gasteiger partial charge >= 0.3 is 0 Å². The molecule has 1 amide bonds. The first-order valence-electron chi connectivity index (χ1n) is 6.36. The summed E-state index contributed by atoms with van der Waals surface area (Å²) in [5.41, 5.74) is 0.582.